The van der Waals surface area contributed by atoms with Crippen LogP contribution in [0.5, 0.6) is 0 Å². The molecule has 1 saturated heterocycles. The predicted octanol–water partition coefficient (Wildman–Crippen LogP) is 4.63. The highest BCUT2D eigenvalue weighted by Crippen LogP contribution is 2.32. The monoisotopic (exact) mass is 377 g/mol. The lowest BCUT2D eigenvalue weighted by atomic mass is 9.94. The number of ketones is 1. The second-order valence-electron chi connectivity index (χ2n) is 8.33. The maximum Gasteiger partial charge on any atom is 0.410 e. The number of likely N-dealkylation sites (tertiary alicyclic amines) is 1. The summed E-state index contributed by atoms with van der Waals surface area (Å²) in [6, 6.07) is 2.37. The highest BCUT2D eigenvalue weighted by molar-refractivity contribution is 5.80. The largest absolute Gasteiger partial charge is 0.444 e. The van der Waals surface area contributed by atoms with Gasteiger partial charge in [0, 0.05) is 37.5 Å². The first-order valence-corrected chi connectivity index (χ1v) is 10.3. The first kappa shape index (κ1) is 21.5. The molecule has 0 spiro atoms. The average molecular weight is 378 g/mol. The van der Waals surface area contributed by atoms with E-state index in [0.717, 1.165) is 30.7 Å². The van der Waals surface area contributed by atoms with Crippen LogP contribution < -0.4 is 0 Å². The number of aromatic nitrogens is 2. The molecule has 1 aliphatic carbocycles. The van der Waals surface area contributed by atoms with Crippen LogP contribution in [-0.4, -0.2) is 45.2 Å². The molecule has 3 rings (SSSR count). The second-order valence-corrected chi connectivity index (χ2v) is 8.33. The Morgan fingerprint density at radius 1 is 1.19 bits per heavy atom. The number of ether oxygens (including phenoxy) is 1. The smallest absolute Gasteiger partial charge is 0.410 e. The summed E-state index contributed by atoms with van der Waals surface area (Å²) in [7, 11) is 0. The Hall–Kier alpha value is -1.85. The van der Waals surface area contributed by atoms with Crippen molar-refractivity contribution in [2.75, 3.05) is 13.1 Å². The quantitative estimate of drug-likeness (QED) is 0.754. The average Bonchev–Trinajstić information content (AvgIpc) is 3.21. The summed E-state index contributed by atoms with van der Waals surface area (Å²) < 4.78 is 7.50. The van der Waals surface area contributed by atoms with E-state index in [4.69, 9.17) is 9.84 Å². The molecule has 152 valence electrons. The Kier molecular flexibility index (Phi) is 7.06. The number of piperidine rings is 1. The van der Waals surface area contributed by atoms with E-state index in [2.05, 4.69) is 13.0 Å². The van der Waals surface area contributed by atoms with E-state index < -0.39 is 5.60 Å². The van der Waals surface area contributed by atoms with Gasteiger partial charge in [0.2, 0.25) is 0 Å². The number of carbonyl (C=O) groups is 2. The molecule has 1 unspecified atom stereocenters. The van der Waals surface area contributed by atoms with Crippen molar-refractivity contribution in [3.05, 3.63) is 17.5 Å². The Morgan fingerprint density at radius 3 is 2.33 bits per heavy atom. The number of nitrogens with zero attached hydrogens (tertiary/aromatic N) is 3. The number of aryl methyl sites for hydroxylation is 1. The topological polar surface area (TPSA) is 64.4 Å². The van der Waals surface area contributed by atoms with Crippen LogP contribution in [0.25, 0.3) is 0 Å². The van der Waals surface area contributed by atoms with Crippen molar-refractivity contribution in [3.63, 3.8) is 0 Å². The first-order valence-electron chi connectivity index (χ1n) is 10.3. The van der Waals surface area contributed by atoms with Crippen LogP contribution in [0.3, 0.4) is 0 Å². The molecule has 1 aromatic heterocycles. The molecule has 2 heterocycles. The van der Waals surface area contributed by atoms with Crippen LogP contribution in [0.2, 0.25) is 0 Å². The molecule has 1 aromatic rings. The molecule has 0 radical (unpaired) electrons. The van der Waals surface area contributed by atoms with Gasteiger partial charge in [0.1, 0.15) is 11.4 Å². The van der Waals surface area contributed by atoms with E-state index in [1.165, 1.54) is 0 Å². The maximum absolute atomic E-state index is 12.2. The summed E-state index contributed by atoms with van der Waals surface area (Å²) in [6.07, 6.45) is 3.76. The molecule has 0 bridgehead atoms. The van der Waals surface area contributed by atoms with Gasteiger partial charge in [-0.15, -0.1) is 0 Å². The van der Waals surface area contributed by atoms with Gasteiger partial charge in [-0.2, -0.15) is 5.10 Å². The first-order chi connectivity index (χ1) is 12.7. The van der Waals surface area contributed by atoms with Crippen molar-refractivity contribution in [1.82, 2.24) is 14.7 Å². The summed E-state index contributed by atoms with van der Waals surface area (Å²) in [5.41, 5.74) is 1.77. The lowest BCUT2D eigenvalue weighted by Crippen LogP contribution is -2.41. The van der Waals surface area contributed by atoms with E-state index >= 15 is 0 Å². The van der Waals surface area contributed by atoms with E-state index in [9.17, 15) is 9.59 Å². The highest BCUT2D eigenvalue weighted by atomic mass is 16.6. The molecule has 0 N–H and O–H groups in total. The third-order valence-corrected chi connectivity index (χ3v) is 5.07. The van der Waals surface area contributed by atoms with Gasteiger partial charge in [0.25, 0.3) is 0 Å². The molecular formula is C21H35N3O3. The summed E-state index contributed by atoms with van der Waals surface area (Å²) in [5.74, 6) is 0.711. The number of Topliss-reactive ketones (excluding diaryl/α,β-unsaturated/α-hetero) is 1. The molecule has 2 fully saturated rings. The molecule has 27 heavy (non-hydrogen) atoms. The van der Waals surface area contributed by atoms with Crippen molar-refractivity contribution in [3.8, 4) is 0 Å². The highest BCUT2D eigenvalue weighted by Gasteiger charge is 2.30. The Bertz CT molecular complexity index is 652. The summed E-state index contributed by atoms with van der Waals surface area (Å²) in [4.78, 5) is 25.5. The standard InChI is InChI=1S/C19H29N3O3.C2H6/c1-13-11-17(20-22(13)15-5-6-16(23)12-15)14-7-9-21(10-8-14)18(24)25-19(2,3)4;1-2/h11,14-15H,5-10,12H2,1-4H3;1-2H3. The fourth-order valence-corrected chi connectivity index (χ4v) is 3.77. The minimum atomic E-state index is -0.456. The van der Waals surface area contributed by atoms with Gasteiger partial charge in [-0.25, -0.2) is 4.79 Å². The Balaban J connectivity index is 0.00000126. The third-order valence-electron chi connectivity index (χ3n) is 5.07. The minimum Gasteiger partial charge on any atom is -0.444 e. The fourth-order valence-electron chi connectivity index (χ4n) is 3.77. The van der Waals surface area contributed by atoms with Crippen LogP contribution >= 0.6 is 0 Å². The van der Waals surface area contributed by atoms with Crippen LogP contribution in [0.4, 0.5) is 4.79 Å². The van der Waals surface area contributed by atoms with E-state index in [1.54, 1.807) is 4.90 Å². The molecule has 1 aliphatic heterocycles. The van der Waals surface area contributed by atoms with Crippen molar-refractivity contribution >= 4 is 11.9 Å². The van der Waals surface area contributed by atoms with Gasteiger partial charge < -0.3 is 9.64 Å². The molecule has 6 nitrogen and oxygen atoms in total. The molecule has 2 aliphatic rings. The van der Waals surface area contributed by atoms with Gasteiger partial charge in [-0.3, -0.25) is 9.48 Å². The van der Waals surface area contributed by atoms with Crippen LogP contribution in [0.1, 0.15) is 90.1 Å². The van der Waals surface area contributed by atoms with Crippen molar-refractivity contribution < 1.29 is 14.3 Å². The SMILES string of the molecule is CC.Cc1cc(C2CCN(C(=O)OC(C)(C)C)CC2)nn1C1CCC(=O)C1. The summed E-state index contributed by atoms with van der Waals surface area (Å²) >= 11 is 0. The van der Waals surface area contributed by atoms with Gasteiger partial charge in [0.15, 0.2) is 0 Å². The van der Waals surface area contributed by atoms with Gasteiger partial charge in [-0.1, -0.05) is 13.8 Å². The van der Waals surface area contributed by atoms with Crippen molar-refractivity contribution in [1.29, 1.82) is 0 Å². The van der Waals surface area contributed by atoms with E-state index in [-0.39, 0.29) is 12.1 Å². The zero-order valence-electron chi connectivity index (χ0n) is 17.7. The zero-order valence-corrected chi connectivity index (χ0v) is 17.7. The molecule has 1 atom stereocenters. The third kappa shape index (κ3) is 5.56. The van der Waals surface area contributed by atoms with Crippen molar-refractivity contribution in [2.24, 2.45) is 0 Å². The summed E-state index contributed by atoms with van der Waals surface area (Å²) in [6.45, 7) is 13.1. The fraction of sp³-hybridized carbons (Fsp3) is 0.762. The molecule has 1 amide bonds. The molecule has 0 aromatic carbocycles. The van der Waals surface area contributed by atoms with Gasteiger partial charge >= 0.3 is 6.09 Å². The van der Waals surface area contributed by atoms with Crippen LogP contribution in [0.15, 0.2) is 6.07 Å². The van der Waals surface area contributed by atoms with Crippen LogP contribution in [0, 0.1) is 6.92 Å². The number of hydrogen-bond donors (Lipinski definition) is 0. The van der Waals surface area contributed by atoms with Crippen molar-refractivity contribution in [2.45, 2.75) is 91.2 Å². The lowest BCUT2D eigenvalue weighted by Gasteiger charge is -2.32. The van der Waals surface area contributed by atoms with Gasteiger partial charge in [0.05, 0.1) is 11.7 Å². The Morgan fingerprint density at radius 2 is 1.81 bits per heavy atom. The maximum atomic E-state index is 12.2. The zero-order chi connectivity index (χ0) is 20.2. The van der Waals surface area contributed by atoms with Gasteiger partial charge in [-0.05, 0) is 53.0 Å². The lowest BCUT2D eigenvalue weighted by molar-refractivity contribution is -0.117. The number of carbonyl (C=O) groups excluding carboxylic acids is 2. The summed E-state index contributed by atoms with van der Waals surface area (Å²) in [5, 5.41) is 4.81. The van der Waals surface area contributed by atoms with E-state index in [1.807, 2.05) is 39.3 Å². The minimum absolute atomic E-state index is 0.225. The number of amides is 1. The number of rotatable bonds is 2. The number of hydrogen-bond acceptors (Lipinski definition) is 4. The predicted molar refractivity (Wildman–Crippen MR) is 106 cm³/mol. The molecule has 1 saturated carbocycles. The molecule has 6 heteroatoms. The van der Waals surface area contributed by atoms with Crippen LogP contribution in [-0.2, 0) is 9.53 Å². The normalized spacial score (nSPS) is 21.0. The molecular weight excluding hydrogens is 342 g/mol. The van der Waals surface area contributed by atoms with E-state index in [0.29, 0.717) is 37.6 Å². The Labute approximate surface area is 163 Å². The second kappa shape index (κ2) is 8.89.